The van der Waals surface area contributed by atoms with Crippen LogP contribution in [0.4, 0.5) is 0 Å². The Kier molecular flexibility index (Phi) is 9.87. The highest BCUT2D eigenvalue weighted by Gasteiger charge is 2.29. The molecule has 0 heterocycles. The van der Waals surface area contributed by atoms with Gasteiger partial charge < -0.3 is 10.2 Å². The molecule has 1 N–H and O–H groups in total. The Morgan fingerprint density at radius 1 is 0.912 bits per heavy atom. The third-order valence-electron chi connectivity index (χ3n) is 5.43. The average molecular weight is 516 g/mol. The van der Waals surface area contributed by atoms with Gasteiger partial charge in [0.05, 0.1) is 15.8 Å². The minimum atomic E-state index is -0.619. The number of carbonyl (C=O) groups is 2. The van der Waals surface area contributed by atoms with Crippen LogP contribution in [0, 0.1) is 6.92 Å². The van der Waals surface area contributed by atoms with Crippen molar-refractivity contribution in [1.29, 1.82) is 0 Å². The van der Waals surface area contributed by atoms with E-state index in [4.69, 9.17) is 23.2 Å². The summed E-state index contributed by atoms with van der Waals surface area (Å²) < 4.78 is 0. The van der Waals surface area contributed by atoms with Crippen LogP contribution in [0.2, 0.25) is 10.0 Å². The highest BCUT2D eigenvalue weighted by Crippen LogP contribution is 2.25. The molecule has 0 saturated carbocycles. The van der Waals surface area contributed by atoms with Gasteiger partial charge in [-0.1, -0.05) is 89.4 Å². The average Bonchev–Trinajstić information content (AvgIpc) is 2.83. The molecule has 0 unspecified atom stereocenters. The van der Waals surface area contributed by atoms with Gasteiger partial charge in [0, 0.05) is 25.8 Å². The predicted molar refractivity (Wildman–Crippen MR) is 142 cm³/mol. The van der Waals surface area contributed by atoms with E-state index >= 15 is 0 Å². The number of halogens is 2. The van der Waals surface area contributed by atoms with Gasteiger partial charge in [-0.3, -0.25) is 9.59 Å². The van der Waals surface area contributed by atoms with Crippen LogP contribution in [0.15, 0.2) is 72.8 Å². The molecule has 0 radical (unpaired) electrons. The van der Waals surface area contributed by atoms with E-state index in [2.05, 4.69) is 5.32 Å². The SMILES string of the molecule is CNC(=O)[C@H](Cc1ccccc1)N(Cc1cccc(C)c1)C(=O)CSCc1ccc(Cl)c(Cl)c1. The fourth-order valence-corrected chi connectivity index (χ4v) is 4.87. The molecule has 0 aliphatic heterocycles. The van der Waals surface area contributed by atoms with Crippen LogP contribution in [0.5, 0.6) is 0 Å². The Morgan fingerprint density at radius 2 is 1.65 bits per heavy atom. The zero-order valence-corrected chi connectivity index (χ0v) is 21.6. The summed E-state index contributed by atoms with van der Waals surface area (Å²) in [5, 5.41) is 3.74. The summed E-state index contributed by atoms with van der Waals surface area (Å²) in [6.07, 6.45) is 0.440. The van der Waals surface area contributed by atoms with E-state index in [1.165, 1.54) is 11.8 Å². The minimum Gasteiger partial charge on any atom is -0.357 e. The number of amides is 2. The first kappa shape index (κ1) is 26.1. The molecule has 3 rings (SSSR count). The summed E-state index contributed by atoms with van der Waals surface area (Å²) in [5.74, 6) is 0.592. The van der Waals surface area contributed by atoms with Crippen LogP contribution >= 0.6 is 35.0 Å². The van der Waals surface area contributed by atoms with Crippen LogP contribution in [0.1, 0.15) is 22.3 Å². The van der Waals surface area contributed by atoms with Gasteiger partial charge in [0.25, 0.3) is 0 Å². The van der Waals surface area contributed by atoms with E-state index in [0.717, 1.165) is 22.3 Å². The smallest absolute Gasteiger partial charge is 0.242 e. The first-order valence-corrected chi connectivity index (χ1v) is 12.9. The topological polar surface area (TPSA) is 49.4 Å². The number of rotatable bonds is 10. The van der Waals surface area contributed by atoms with Crippen molar-refractivity contribution in [1.82, 2.24) is 10.2 Å². The fourth-order valence-electron chi connectivity index (χ4n) is 3.70. The molecule has 0 aliphatic carbocycles. The lowest BCUT2D eigenvalue weighted by atomic mass is 10.0. The number of hydrogen-bond acceptors (Lipinski definition) is 3. The van der Waals surface area contributed by atoms with E-state index in [-0.39, 0.29) is 17.6 Å². The number of likely N-dealkylation sites (N-methyl/N-ethyl adjacent to an activating group) is 1. The summed E-state index contributed by atoms with van der Waals surface area (Å²) in [5.41, 5.74) is 4.09. The summed E-state index contributed by atoms with van der Waals surface area (Å²) in [7, 11) is 1.61. The number of benzene rings is 3. The number of nitrogens with zero attached hydrogens (tertiary/aromatic N) is 1. The highest BCUT2D eigenvalue weighted by atomic mass is 35.5. The first-order valence-electron chi connectivity index (χ1n) is 11.0. The zero-order valence-electron chi connectivity index (χ0n) is 19.3. The number of hydrogen-bond donors (Lipinski definition) is 1. The molecule has 3 aromatic carbocycles. The van der Waals surface area contributed by atoms with E-state index in [1.54, 1.807) is 18.0 Å². The van der Waals surface area contributed by atoms with Crippen LogP contribution in [-0.2, 0) is 28.3 Å². The Morgan fingerprint density at radius 3 is 2.32 bits per heavy atom. The molecule has 2 amide bonds. The van der Waals surface area contributed by atoms with Gasteiger partial charge in [-0.05, 0) is 35.7 Å². The van der Waals surface area contributed by atoms with Crippen molar-refractivity contribution >= 4 is 46.8 Å². The molecule has 178 valence electrons. The van der Waals surface area contributed by atoms with Gasteiger partial charge in [0.1, 0.15) is 6.04 Å². The molecule has 34 heavy (non-hydrogen) atoms. The second-order valence-corrected chi connectivity index (χ2v) is 9.87. The van der Waals surface area contributed by atoms with Gasteiger partial charge >= 0.3 is 0 Å². The molecule has 0 spiro atoms. The minimum absolute atomic E-state index is 0.0869. The predicted octanol–water partition coefficient (Wildman–Crippen LogP) is 5.92. The fraction of sp³-hybridized carbons (Fsp3) is 0.259. The normalized spacial score (nSPS) is 11.6. The number of aryl methyl sites for hydroxylation is 1. The van der Waals surface area contributed by atoms with Gasteiger partial charge in [-0.25, -0.2) is 0 Å². The summed E-state index contributed by atoms with van der Waals surface area (Å²) in [4.78, 5) is 28.1. The lowest BCUT2D eigenvalue weighted by molar-refractivity contribution is -0.139. The molecule has 0 aliphatic rings. The maximum atomic E-state index is 13.5. The second kappa shape index (κ2) is 12.8. The third kappa shape index (κ3) is 7.52. The van der Waals surface area contributed by atoms with Crippen LogP contribution in [0.25, 0.3) is 0 Å². The maximum absolute atomic E-state index is 13.5. The Bertz CT molecular complexity index is 1120. The number of carbonyl (C=O) groups excluding carboxylic acids is 2. The van der Waals surface area contributed by atoms with Crippen molar-refractivity contribution in [2.75, 3.05) is 12.8 Å². The Balaban J connectivity index is 1.80. The molecule has 1 atom stereocenters. The molecular formula is C27H28Cl2N2O2S. The molecule has 0 aromatic heterocycles. The van der Waals surface area contributed by atoms with Crippen LogP contribution < -0.4 is 5.32 Å². The quantitative estimate of drug-likeness (QED) is 0.365. The highest BCUT2D eigenvalue weighted by molar-refractivity contribution is 7.99. The van der Waals surface area contributed by atoms with Crippen molar-refractivity contribution in [3.63, 3.8) is 0 Å². The lowest BCUT2D eigenvalue weighted by Crippen LogP contribution is -2.50. The van der Waals surface area contributed by atoms with Crippen molar-refractivity contribution in [3.8, 4) is 0 Å². The number of thioether (sulfide) groups is 1. The monoisotopic (exact) mass is 514 g/mol. The molecule has 0 bridgehead atoms. The molecule has 4 nitrogen and oxygen atoms in total. The zero-order chi connectivity index (χ0) is 24.5. The van der Waals surface area contributed by atoms with Crippen LogP contribution in [-0.4, -0.2) is 35.6 Å². The summed E-state index contributed by atoms with van der Waals surface area (Å²) in [6, 6.07) is 22.6. The van der Waals surface area contributed by atoms with E-state index in [9.17, 15) is 9.59 Å². The van der Waals surface area contributed by atoms with Gasteiger partial charge in [-0.2, -0.15) is 0 Å². The summed E-state index contributed by atoms with van der Waals surface area (Å²) in [6.45, 7) is 2.38. The lowest BCUT2D eigenvalue weighted by Gasteiger charge is -2.31. The molecule has 0 fully saturated rings. The van der Waals surface area contributed by atoms with Crippen molar-refractivity contribution in [2.24, 2.45) is 0 Å². The molecule has 0 saturated heterocycles. The number of nitrogens with one attached hydrogen (secondary N) is 1. The van der Waals surface area contributed by atoms with Crippen molar-refractivity contribution in [2.45, 2.75) is 31.7 Å². The first-order chi connectivity index (χ1) is 16.4. The van der Waals surface area contributed by atoms with Gasteiger partial charge in [-0.15, -0.1) is 11.8 Å². The molecule has 7 heteroatoms. The van der Waals surface area contributed by atoms with Crippen LogP contribution in [0.3, 0.4) is 0 Å². The molecular weight excluding hydrogens is 487 g/mol. The Labute approximate surface area is 215 Å². The second-order valence-electron chi connectivity index (χ2n) is 8.07. The maximum Gasteiger partial charge on any atom is 0.242 e. The third-order valence-corrected chi connectivity index (χ3v) is 7.16. The Hall–Kier alpha value is -2.47. The van der Waals surface area contributed by atoms with Gasteiger partial charge in [0.15, 0.2) is 0 Å². The van der Waals surface area contributed by atoms with Crippen molar-refractivity contribution in [3.05, 3.63) is 105 Å². The largest absolute Gasteiger partial charge is 0.357 e. The van der Waals surface area contributed by atoms with Crippen molar-refractivity contribution < 1.29 is 9.59 Å². The molecule has 3 aromatic rings. The van der Waals surface area contributed by atoms with E-state index in [0.29, 0.717) is 28.8 Å². The van der Waals surface area contributed by atoms with Gasteiger partial charge in [0.2, 0.25) is 11.8 Å². The standard InChI is InChI=1S/C27H28Cl2N2O2S/c1-19-7-6-10-21(13-19)16-31(25(27(33)30-2)15-20-8-4-3-5-9-20)26(32)18-34-17-22-11-12-23(28)24(29)14-22/h3-14,25H,15-18H2,1-2H3,(H,30,33)/t25-/m0/s1. The summed E-state index contributed by atoms with van der Waals surface area (Å²) >= 11 is 13.6. The van der Waals surface area contributed by atoms with E-state index in [1.807, 2.05) is 73.7 Å². The van der Waals surface area contributed by atoms with E-state index < -0.39 is 6.04 Å².